The third kappa shape index (κ3) is 4.40. The Balaban J connectivity index is 1.71. The predicted molar refractivity (Wildman–Crippen MR) is 111 cm³/mol. The van der Waals surface area contributed by atoms with E-state index in [2.05, 4.69) is 38.2 Å². The molecule has 27 heavy (non-hydrogen) atoms. The lowest BCUT2D eigenvalue weighted by molar-refractivity contribution is 0.0995. The number of aryl methyl sites for hydroxylation is 3. The molecule has 3 aromatic rings. The monoisotopic (exact) mass is 362 g/mol. The normalized spacial score (nSPS) is 10.7. The Kier molecular flexibility index (Phi) is 5.36. The summed E-state index contributed by atoms with van der Waals surface area (Å²) in [7, 11) is 3.96. The van der Waals surface area contributed by atoms with Crippen molar-refractivity contribution in [2.75, 3.05) is 24.3 Å². The average Bonchev–Trinajstić information content (AvgIpc) is 3.07. The molecule has 0 fully saturated rings. The summed E-state index contributed by atoms with van der Waals surface area (Å²) in [6, 6.07) is 15.7. The topological polar surface area (TPSA) is 45.5 Å². The molecule has 0 saturated carbocycles. The fourth-order valence-corrected chi connectivity index (χ4v) is 3.29. The van der Waals surface area contributed by atoms with Crippen LogP contribution in [0.4, 0.5) is 11.4 Å². The van der Waals surface area contributed by atoms with Crippen molar-refractivity contribution < 1.29 is 9.21 Å². The number of nitrogens with one attached hydrogen (secondary N) is 1. The van der Waals surface area contributed by atoms with Gasteiger partial charge < -0.3 is 14.6 Å². The lowest BCUT2D eigenvalue weighted by Gasteiger charge is -2.12. The Morgan fingerprint density at radius 2 is 1.59 bits per heavy atom. The highest BCUT2D eigenvalue weighted by molar-refractivity contribution is 6.02. The minimum Gasteiger partial charge on any atom is -0.456 e. The average molecular weight is 362 g/mol. The zero-order valence-corrected chi connectivity index (χ0v) is 16.6. The van der Waals surface area contributed by atoms with Gasteiger partial charge in [-0.1, -0.05) is 17.7 Å². The fourth-order valence-electron chi connectivity index (χ4n) is 3.29. The third-order valence-electron chi connectivity index (χ3n) is 4.72. The third-order valence-corrected chi connectivity index (χ3v) is 4.72. The van der Waals surface area contributed by atoms with Crippen LogP contribution in [0.5, 0.6) is 0 Å². The first-order chi connectivity index (χ1) is 12.8. The molecule has 2 aromatic carbocycles. The van der Waals surface area contributed by atoms with Crippen molar-refractivity contribution in [3.05, 3.63) is 82.3 Å². The highest BCUT2D eigenvalue weighted by Crippen LogP contribution is 2.22. The van der Waals surface area contributed by atoms with Gasteiger partial charge in [-0.25, -0.2) is 0 Å². The maximum atomic E-state index is 12.5. The standard InChI is InChI=1S/C23H26N2O2/c1-15-12-16(2)21(17(3)13-15)14-20-10-11-22(27-20)23(26)24-18-6-8-19(9-7-18)25(4)5/h6-13H,14H2,1-5H3,(H,24,26). The van der Waals surface area contributed by atoms with Crippen LogP contribution >= 0.6 is 0 Å². The van der Waals surface area contributed by atoms with Gasteiger partial charge in [-0.3, -0.25) is 4.79 Å². The van der Waals surface area contributed by atoms with Gasteiger partial charge in [0.2, 0.25) is 0 Å². The first-order valence-electron chi connectivity index (χ1n) is 9.07. The van der Waals surface area contributed by atoms with E-state index in [1.54, 1.807) is 6.07 Å². The number of rotatable bonds is 5. The van der Waals surface area contributed by atoms with Crippen LogP contribution in [0.15, 0.2) is 52.9 Å². The molecule has 0 atom stereocenters. The van der Waals surface area contributed by atoms with Crippen LogP contribution in [0.3, 0.4) is 0 Å². The second-order valence-electron chi connectivity index (χ2n) is 7.22. The molecular formula is C23H26N2O2. The van der Waals surface area contributed by atoms with Crippen molar-refractivity contribution in [1.29, 1.82) is 0 Å². The molecule has 1 aromatic heterocycles. The lowest BCUT2D eigenvalue weighted by atomic mass is 9.97. The second-order valence-corrected chi connectivity index (χ2v) is 7.22. The van der Waals surface area contributed by atoms with Gasteiger partial charge in [-0.15, -0.1) is 0 Å². The van der Waals surface area contributed by atoms with Crippen LogP contribution in [0, 0.1) is 20.8 Å². The number of carbonyl (C=O) groups is 1. The van der Waals surface area contributed by atoms with Crippen molar-refractivity contribution >= 4 is 17.3 Å². The molecule has 0 aliphatic rings. The number of benzene rings is 2. The van der Waals surface area contributed by atoms with E-state index >= 15 is 0 Å². The molecule has 0 aliphatic heterocycles. The molecule has 140 valence electrons. The summed E-state index contributed by atoms with van der Waals surface area (Å²) >= 11 is 0. The van der Waals surface area contributed by atoms with Gasteiger partial charge in [0.1, 0.15) is 5.76 Å². The summed E-state index contributed by atoms with van der Waals surface area (Å²) in [5.41, 5.74) is 6.83. The molecule has 0 aliphatic carbocycles. The summed E-state index contributed by atoms with van der Waals surface area (Å²) in [6.07, 6.45) is 0.683. The highest BCUT2D eigenvalue weighted by atomic mass is 16.3. The number of nitrogens with zero attached hydrogens (tertiary/aromatic N) is 1. The molecule has 4 nitrogen and oxygen atoms in total. The van der Waals surface area contributed by atoms with Crippen LogP contribution in [-0.4, -0.2) is 20.0 Å². The van der Waals surface area contributed by atoms with Gasteiger partial charge in [0.05, 0.1) is 0 Å². The van der Waals surface area contributed by atoms with Gasteiger partial charge >= 0.3 is 0 Å². The summed E-state index contributed by atoms with van der Waals surface area (Å²) in [4.78, 5) is 14.5. The number of hydrogen-bond acceptors (Lipinski definition) is 3. The van der Waals surface area contributed by atoms with E-state index in [9.17, 15) is 4.79 Å². The number of amides is 1. The van der Waals surface area contributed by atoms with Crippen molar-refractivity contribution in [2.45, 2.75) is 27.2 Å². The minimum absolute atomic E-state index is 0.240. The molecule has 0 spiro atoms. The predicted octanol–water partition coefficient (Wildman–Crippen LogP) is 5.11. The molecule has 1 amide bonds. The first kappa shape index (κ1) is 18.8. The number of anilines is 2. The molecule has 0 unspecified atom stereocenters. The lowest BCUT2D eigenvalue weighted by Crippen LogP contribution is -2.12. The molecule has 0 saturated heterocycles. The van der Waals surface area contributed by atoms with E-state index in [1.807, 2.05) is 49.3 Å². The van der Waals surface area contributed by atoms with E-state index in [0.717, 1.165) is 17.1 Å². The maximum Gasteiger partial charge on any atom is 0.291 e. The van der Waals surface area contributed by atoms with Gasteiger partial charge in [0, 0.05) is 31.9 Å². The summed E-state index contributed by atoms with van der Waals surface area (Å²) in [5.74, 6) is 0.874. The van der Waals surface area contributed by atoms with Crippen molar-refractivity contribution in [3.8, 4) is 0 Å². The first-order valence-corrected chi connectivity index (χ1v) is 9.07. The van der Waals surface area contributed by atoms with Crippen molar-refractivity contribution in [1.82, 2.24) is 0 Å². The quantitative estimate of drug-likeness (QED) is 0.686. The SMILES string of the molecule is Cc1cc(C)c(Cc2ccc(C(=O)Nc3ccc(N(C)C)cc3)o2)c(C)c1. The highest BCUT2D eigenvalue weighted by Gasteiger charge is 2.13. The van der Waals surface area contributed by atoms with Gasteiger partial charge in [0.25, 0.3) is 5.91 Å². The molecular weight excluding hydrogens is 336 g/mol. The van der Waals surface area contributed by atoms with Gasteiger partial charge in [-0.2, -0.15) is 0 Å². The zero-order valence-electron chi connectivity index (χ0n) is 16.6. The Morgan fingerprint density at radius 1 is 0.963 bits per heavy atom. The zero-order chi connectivity index (χ0) is 19.6. The largest absolute Gasteiger partial charge is 0.456 e. The van der Waals surface area contributed by atoms with Crippen LogP contribution in [0.2, 0.25) is 0 Å². The summed E-state index contributed by atoms with van der Waals surface area (Å²) in [5, 5.41) is 2.88. The van der Waals surface area contributed by atoms with Crippen molar-refractivity contribution in [2.24, 2.45) is 0 Å². The Hall–Kier alpha value is -3.01. The Morgan fingerprint density at radius 3 is 2.19 bits per heavy atom. The van der Waals surface area contributed by atoms with Crippen LogP contribution in [0.1, 0.15) is 38.6 Å². The molecule has 0 bridgehead atoms. The summed E-state index contributed by atoms with van der Waals surface area (Å²) < 4.78 is 5.80. The molecule has 3 rings (SSSR count). The van der Waals surface area contributed by atoms with E-state index in [1.165, 1.54) is 22.3 Å². The van der Waals surface area contributed by atoms with E-state index in [0.29, 0.717) is 12.2 Å². The van der Waals surface area contributed by atoms with Crippen LogP contribution < -0.4 is 10.2 Å². The van der Waals surface area contributed by atoms with Gasteiger partial charge in [-0.05, 0) is 73.9 Å². The van der Waals surface area contributed by atoms with Crippen LogP contribution in [0.25, 0.3) is 0 Å². The number of carbonyl (C=O) groups excluding carboxylic acids is 1. The van der Waals surface area contributed by atoms with E-state index in [-0.39, 0.29) is 5.91 Å². The maximum absolute atomic E-state index is 12.5. The minimum atomic E-state index is -0.240. The smallest absolute Gasteiger partial charge is 0.291 e. The molecule has 4 heteroatoms. The van der Waals surface area contributed by atoms with Crippen molar-refractivity contribution in [3.63, 3.8) is 0 Å². The van der Waals surface area contributed by atoms with E-state index in [4.69, 9.17) is 4.42 Å². The second kappa shape index (κ2) is 7.70. The Labute approximate surface area is 160 Å². The fraction of sp³-hybridized carbons (Fsp3) is 0.261. The molecule has 0 radical (unpaired) electrons. The number of furan rings is 1. The number of hydrogen-bond donors (Lipinski definition) is 1. The summed E-state index contributed by atoms with van der Waals surface area (Å²) in [6.45, 7) is 6.33. The van der Waals surface area contributed by atoms with Crippen LogP contribution in [-0.2, 0) is 6.42 Å². The van der Waals surface area contributed by atoms with Gasteiger partial charge in [0.15, 0.2) is 5.76 Å². The Bertz CT molecular complexity index is 930. The molecule has 1 heterocycles. The molecule has 1 N–H and O–H groups in total. The van der Waals surface area contributed by atoms with E-state index < -0.39 is 0 Å².